The van der Waals surface area contributed by atoms with Crippen molar-refractivity contribution < 1.29 is 0 Å². The highest BCUT2D eigenvalue weighted by atomic mass is 15.2. The monoisotopic (exact) mass is 461 g/mol. The fraction of sp³-hybridized carbons (Fsp3) is 0.214. The van der Waals surface area contributed by atoms with Crippen LogP contribution in [0.15, 0.2) is 73.4 Å². The van der Waals surface area contributed by atoms with Crippen molar-refractivity contribution in [2.75, 3.05) is 26.2 Å². The molecule has 35 heavy (non-hydrogen) atoms. The first kappa shape index (κ1) is 21.6. The van der Waals surface area contributed by atoms with Crippen molar-refractivity contribution in [2.45, 2.75) is 13.5 Å². The maximum absolute atomic E-state index is 4.73. The highest BCUT2D eigenvalue weighted by Gasteiger charge is 2.14. The third-order valence-corrected chi connectivity index (χ3v) is 6.48. The zero-order valence-electron chi connectivity index (χ0n) is 19.7. The number of hydrogen-bond donors (Lipinski definition) is 2. The summed E-state index contributed by atoms with van der Waals surface area (Å²) in [6.07, 6.45) is 7.55. The second-order valence-electron chi connectivity index (χ2n) is 9.03. The van der Waals surface area contributed by atoms with Gasteiger partial charge in [0.2, 0.25) is 0 Å². The topological polar surface area (TPSA) is 82.6 Å². The van der Waals surface area contributed by atoms with Crippen LogP contribution in [0.25, 0.3) is 44.7 Å². The molecular formula is C28H27N7. The van der Waals surface area contributed by atoms with Gasteiger partial charge in [-0.25, -0.2) is 4.98 Å². The predicted molar refractivity (Wildman–Crippen MR) is 139 cm³/mol. The van der Waals surface area contributed by atoms with E-state index in [1.165, 1.54) is 5.56 Å². The molecule has 0 radical (unpaired) electrons. The molecule has 7 nitrogen and oxygen atoms in total. The average Bonchev–Trinajstić information content (AvgIpc) is 3.39. The number of aromatic nitrogens is 5. The number of benzene rings is 1. The number of aryl methyl sites for hydroxylation is 1. The average molecular weight is 462 g/mol. The molecule has 0 saturated carbocycles. The number of hydrogen-bond acceptors (Lipinski definition) is 6. The Labute approximate surface area is 204 Å². The highest BCUT2D eigenvalue weighted by Crippen LogP contribution is 2.31. The Kier molecular flexibility index (Phi) is 5.78. The number of fused-ring (bicyclic) bond motifs is 1. The van der Waals surface area contributed by atoms with Crippen LogP contribution >= 0.6 is 0 Å². The van der Waals surface area contributed by atoms with E-state index in [1.807, 2.05) is 43.7 Å². The number of nitrogens with zero attached hydrogens (tertiary/aromatic N) is 5. The Morgan fingerprint density at radius 2 is 1.74 bits per heavy atom. The van der Waals surface area contributed by atoms with E-state index in [9.17, 15) is 0 Å². The Balaban J connectivity index is 1.33. The number of pyridine rings is 3. The van der Waals surface area contributed by atoms with E-state index >= 15 is 0 Å². The summed E-state index contributed by atoms with van der Waals surface area (Å²) < 4.78 is 0. The summed E-state index contributed by atoms with van der Waals surface area (Å²) in [7, 11) is 0. The molecule has 174 valence electrons. The first-order valence-corrected chi connectivity index (χ1v) is 12.0. The Morgan fingerprint density at radius 1 is 0.886 bits per heavy atom. The van der Waals surface area contributed by atoms with Crippen molar-refractivity contribution in [3.05, 3.63) is 84.7 Å². The minimum atomic E-state index is 0.884. The lowest BCUT2D eigenvalue weighted by Gasteiger charge is -2.27. The molecule has 0 amide bonds. The molecule has 0 spiro atoms. The minimum Gasteiger partial charge on any atom is -0.343 e. The van der Waals surface area contributed by atoms with Gasteiger partial charge in [0.15, 0.2) is 0 Å². The molecule has 0 atom stereocenters. The summed E-state index contributed by atoms with van der Waals surface area (Å²) in [6.45, 7) is 7.14. The molecule has 1 saturated heterocycles. The first-order chi connectivity index (χ1) is 17.2. The summed E-state index contributed by atoms with van der Waals surface area (Å²) in [6, 6.07) is 16.7. The standard InChI is InChI=1S/C28H27N7/c1-19-3-2-4-26(34-19)28-27(32-18-33-28)21-5-6-25-22(12-21)13-24(16-31-25)23-11-20(14-30-15-23)17-35-9-7-29-8-10-35/h2-6,11-16,18,29H,7-10,17H2,1H3,(H,32,33). The molecule has 5 aromatic rings. The van der Waals surface area contributed by atoms with Crippen molar-refractivity contribution in [3.63, 3.8) is 0 Å². The molecular weight excluding hydrogens is 434 g/mol. The van der Waals surface area contributed by atoms with Crippen LogP contribution in [-0.2, 0) is 6.54 Å². The third-order valence-electron chi connectivity index (χ3n) is 6.48. The second-order valence-corrected chi connectivity index (χ2v) is 9.03. The number of imidazole rings is 1. The molecule has 5 heterocycles. The quantitative estimate of drug-likeness (QED) is 0.402. The van der Waals surface area contributed by atoms with Crippen molar-refractivity contribution in [2.24, 2.45) is 0 Å². The molecule has 1 aromatic carbocycles. The molecule has 4 aromatic heterocycles. The summed E-state index contributed by atoms with van der Waals surface area (Å²) in [4.78, 5) is 24.3. The van der Waals surface area contributed by atoms with E-state index in [0.29, 0.717) is 0 Å². The number of piperazine rings is 1. The summed E-state index contributed by atoms with van der Waals surface area (Å²) >= 11 is 0. The zero-order valence-corrected chi connectivity index (χ0v) is 19.7. The van der Waals surface area contributed by atoms with E-state index < -0.39 is 0 Å². The van der Waals surface area contributed by atoms with Crippen molar-refractivity contribution in [1.29, 1.82) is 0 Å². The van der Waals surface area contributed by atoms with Crippen LogP contribution in [0.2, 0.25) is 0 Å². The van der Waals surface area contributed by atoms with Crippen molar-refractivity contribution in [1.82, 2.24) is 35.1 Å². The lowest BCUT2D eigenvalue weighted by Crippen LogP contribution is -2.42. The second kappa shape index (κ2) is 9.37. The van der Waals surface area contributed by atoms with Gasteiger partial charge in [-0.15, -0.1) is 0 Å². The number of H-pyrrole nitrogens is 1. The highest BCUT2D eigenvalue weighted by molar-refractivity contribution is 5.89. The molecule has 0 bridgehead atoms. The Bertz CT molecular complexity index is 1480. The van der Waals surface area contributed by atoms with Gasteiger partial charge in [0.05, 0.1) is 28.9 Å². The lowest BCUT2D eigenvalue weighted by molar-refractivity contribution is 0.233. The van der Waals surface area contributed by atoms with E-state index in [1.54, 1.807) is 6.33 Å². The van der Waals surface area contributed by atoms with Gasteiger partial charge < -0.3 is 10.3 Å². The largest absolute Gasteiger partial charge is 0.343 e. The van der Waals surface area contributed by atoms with Gasteiger partial charge in [0.25, 0.3) is 0 Å². The summed E-state index contributed by atoms with van der Waals surface area (Å²) in [5, 5.41) is 4.48. The van der Waals surface area contributed by atoms with Gasteiger partial charge in [-0.2, -0.15) is 0 Å². The van der Waals surface area contributed by atoms with Gasteiger partial charge >= 0.3 is 0 Å². The smallest absolute Gasteiger partial charge is 0.0977 e. The summed E-state index contributed by atoms with van der Waals surface area (Å²) in [5.41, 5.74) is 9.02. The molecule has 1 aliphatic heterocycles. The van der Waals surface area contributed by atoms with Gasteiger partial charge in [-0.1, -0.05) is 12.1 Å². The van der Waals surface area contributed by atoms with Crippen LogP contribution in [-0.4, -0.2) is 56.0 Å². The van der Waals surface area contributed by atoms with Gasteiger partial charge in [-0.3, -0.25) is 19.9 Å². The van der Waals surface area contributed by atoms with Crippen molar-refractivity contribution >= 4 is 10.9 Å². The maximum atomic E-state index is 4.73. The van der Waals surface area contributed by atoms with Crippen LogP contribution in [0, 0.1) is 6.92 Å². The van der Waals surface area contributed by atoms with Gasteiger partial charge in [0.1, 0.15) is 0 Å². The third kappa shape index (κ3) is 4.56. The van der Waals surface area contributed by atoms with Crippen LogP contribution in [0.1, 0.15) is 11.3 Å². The van der Waals surface area contributed by atoms with E-state index in [4.69, 9.17) is 4.98 Å². The Hall–Kier alpha value is -3.94. The molecule has 1 fully saturated rings. The predicted octanol–water partition coefficient (Wildman–Crippen LogP) is 4.46. The number of rotatable bonds is 5. The van der Waals surface area contributed by atoms with Gasteiger partial charge in [0, 0.05) is 79.1 Å². The SMILES string of the molecule is Cc1cccc(-c2[nH]cnc2-c2ccc3ncc(-c4cncc(CN5CCNCC5)c4)cc3c2)n1. The van der Waals surface area contributed by atoms with E-state index in [-0.39, 0.29) is 0 Å². The maximum Gasteiger partial charge on any atom is 0.0977 e. The van der Waals surface area contributed by atoms with Crippen molar-refractivity contribution in [3.8, 4) is 33.8 Å². The van der Waals surface area contributed by atoms with E-state index in [2.05, 4.69) is 60.5 Å². The molecule has 1 aliphatic rings. The molecule has 0 unspecified atom stereocenters. The molecule has 6 rings (SSSR count). The van der Waals surface area contributed by atoms with Crippen LogP contribution in [0.5, 0.6) is 0 Å². The van der Waals surface area contributed by atoms with Gasteiger partial charge in [-0.05, 0) is 48.9 Å². The zero-order chi connectivity index (χ0) is 23.6. The fourth-order valence-electron chi connectivity index (χ4n) is 4.69. The van der Waals surface area contributed by atoms with Crippen LogP contribution in [0.3, 0.4) is 0 Å². The molecule has 7 heteroatoms. The lowest BCUT2D eigenvalue weighted by atomic mass is 10.0. The van der Waals surface area contributed by atoms with Crippen LogP contribution < -0.4 is 5.32 Å². The Morgan fingerprint density at radius 3 is 2.63 bits per heavy atom. The number of nitrogens with one attached hydrogen (secondary N) is 2. The fourth-order valence-corrected chi connectivity index (χ4v) is 4.69. The minimum absolute atomic E-state index is 0.884. The molecule has 2 N–H and O–H groups in total. The first-order valence-electron chi connectivity index (χ1n) is 12.0. The normalized spacial score (nSPS) is 14.4. The molecule has 0 aliphatic carbocycles. The summed E-state index contributed by atoms with van der Waals surface area (Å²) in [5.74, 6) is 0. The van der Waals surface area contributed by atoms with E-state index in [0.717, 1.165) is 83.1 Å². The van der Waals surface area contributed by atoms with Crippen LogP contribution in [0.4, 0.5) is 0 Å². The number of aromatic amines is 1.